The molecule has 0 saturated heterocycles. The van der Waals surface area contributed by atoms with Gasteiger partial charge in [-0.2, -0.15) is 0 Å². The van der Waals surface area contributed by atoms with Crippen molar-refractivity contribution in [2.24, 2.45) is 5.92 Å². The minimum atomic E-state index is -0.793. The summed E-state index contributed by atoms with van der Waals surface area (Å²) >= 11 is 0. The fraction of sp³-hybridized carbons (Fsp3) is 0.857. The van der Waals surface area contributed by atoms with Crippen LogP contribution in [0.4, 0.5) is 0 Å². The van der Waals surface area contributed by atoms with Crippen molar-refractivity contribution >= 4 is 11.9 Å². The van der Waals surface area contributed by atoms with E-state index in [1.165, 1.54) is 19.3 Å². The van der Waals surface area contributed by atoms with Crippen LogP contribution in [0.1, 0.15) is 45.4 Å². The zero-order valence-corrected chi connectivity index (χ0v) is 12.0. The highest BCUT2D eigenvalue weighted by atomic mass is 16.4. The molecule has 1 aliphatic carbocycles. The fourth-order valence-electron chi connectivity index (χ4n) is 2.48. The van der Waals surface area contributed by atoms with Crippen molar-refractivity contribution in [1.29, 1.82) is 0 Å². The maximum absolute atomic E-state index is 11.8. The molecule has 0 aromatic carbocycles. The Kier molecular flexibility index (Phi) is 6.84. The van der Waals surface area contributed by atoms with Gasteiger partial charge in [-0.1, -0.05) is 26.2 Å². The molecule has 19 heavy (non-hydrogen) atoms. The first-order valence-electron chi connectivity index (χ1n) is 7.19. The number of hydrogen-bond donors (Lipinski definition) is 2. The molecule has 110 valence electrons. The van der Waals surface area contributed by atoms with Crippen LogP contribution in [-0.4, -0.2) is 48.1 Å². The van der Waals surface area contributed by atoms with Gasteiger partial charge in [0.1, 0.15) is 0 Å². The lowest BCUT2D eigenvalue weighted by Crippen LogP contribution is -2.38. The highest BCUT2D eigenvalue weighted by Crippen LogP contribution is 2.17. The number of carboxylic acids is 1. The summed E-state index contributed by atoms with van der Waals surface area (Å²) in [5.41, 5.74) is 0. The number of carbonyl (C=O) groups is 2. The third-order valence-corrected chi connectivity index (χ3v) is 3.70. The van der Waals surface area contributed by atoms with Crippen molar-refractivity contribution in [2.75, 3.05) is 20.1 Å². The van der Waals surface area contributed by atoms with Gasteiger partial charge in [0.25, 0.3) is 0 Å². The summed E-state index contributed by atoms with van der Waals surface area (Å²) in [6.45, 7) is 2.77. The lowest BCUT2D eigenvalue weighted by molar-refractivity contribution is -0.141. The van der Waals surface area contributed by atoms with Gasteiger partial charge in [0.2, 0.25) is 5.91 Å². The monoisotopic (exact) mass is 270 g/mol. The second kappa shape index (κ2) is 8.15. The van der Waals surface area contributed by atoms with Gasteiger partial charge in [0.05, 0.1) is 5.92 Å². The standard InChI is InChI=1S/C14H26N2O3/c1-11(14(18)19)10-16(2)9-8-13(17)15-12-6-4-3-5-7-12/h11-12H,3-10H2,1-2H3,(H,15,17)(H,18,19). The van der Waals surface area contributed by atoms with E-state index in [0.717, 1.165) is 12.8 Å². The molecule has 0 heterocycles. The van der Waals surface area contributed by atoms with Crippen LogP contribution in [0.25, 0.3) is 0 Å². The summed E-state index contributed by atoms with van der Waals surface area (Å²) in [4.78, 5) is 24.4. The number of amides is 1. The summed E-state index contributed by atoms with van der Waals surface area (Å²) in [6, 6.07) is 0.351. The van der Waals surface area contributed by atoms with Gasteiger partial charge in [-0.05, 0) is 19.9 Å². The highest BCUT2D eigenvalue weighted by molar-refractivity contribution is 5.76. The molecule has 0 radical (unpaired) electrons. The van der Waals surface area contributed by atoms with Crippen molar-refractivity contribution in [1.82, 2.24) is 10.2 Å². The van der Waals surface area contributed by atoms with Crippen LogP contribution in [0.2, 0.25) is 0 Å². The van der Waals surface area contributed by atoms with Crippen LogP contribution in [0, 0.1) is 5.92 Å². The van der Waals surface area contributed by atoms with Gasteiger partial charge < -0.3 is 15.3 Å². The first kappa shape index (κ1) is 16.0. The lowest BCUT2D eigenvalue weighted by atomic mass is 9.95. The van der Waals surface area contributed by atoms with E-state index < -0.39 is 11.9 Å². The molecule has 5 nitrogen and oxygen atoms in total. The van der Waals surface area contributed by atoms with Crippen LogP contribution in [0.15, 0.2) is 0 Å². The van der Waals surface area contributed by atoms with Crippen LogP contribution in [0.3, 0.4) is 0 Å². The molecule has 0 aromatic rings. The molecule has 1 rings (SSSR count). The SMILES string of the molecule is CC(CN(C)CCC(=O)NC1CCCCC1)C(=O)O. The second-order valence-corrected chi connectivity index (χ2v) is 5.65. The first-order chi connectivity index (χ1) is 8.99. The van der Waals surface area contributed by atoms with E-state index in [9.17, 15) is 9.59 Å². The van der Waals surface area contributed by atoms with E-state index in [2.05, 4.69) is 5.32 Å². The Morgan fingerprint density at radius 2 is 1.95 bits per heavy atom. The van der Waals surface area contributed by atoms with Gasteiger partial charge in [-0.15, -0.1) is 0 Å². The van der Waals surface area contributed by atoms with Crippen molar-refractivity contribution < 1.29 is 14.7 Å². The number of nitrogens with one attached hydrogen (secondary N) is 1. The molecule has 2 N–H and O–H groups in total. The van der Waals surface area contributed by atoms with Crippen molar-refractivity contribution in [2.45, 2.75) is 51.5 Å². The smallest absolute Gasteiger partial charge is 0.307 e. The van der Waals surface area contributed by atoms with E-state index in [0.29, 0.717) is 25.6 Å². The van der Waals surface area contributed by atoms with Crippen LogP contribution >= 0.6 is 0 Å². The summed E-state index contributed by atoms with van der Waals surface area (Å²) in [6.07, 6.45) is 6.33. The Morgan fingerprint density at radius 1 is 1.32 bits per heavy atom. The Morgan fingerprint density at radius 3 is 2.53 bits per heavy atom. The van der Waals surface area contributed by atoms with Gasteiger partial charge in [0, 0.05) is 25.6 Å². The number of aliphatic carboxylic acids is 1. The van der Waals surface area contributed by atoms with Crippen molar-refractivity contribution in [3.63, 3.8) is 0 Å². The zero-order chi connectivity index (χ0) is 14.3. The summed E-state index contributed by atoms with van der Waals surface area (Å²) in [5.74, 6) is -1.10. The van der Waals surface area contributed by atoms with E-state index in [4.69, 9.17) is 5.11 Å². The molecule has 5 heteroatoms. The van der Waals surface area contributed by atoms with Gasteiger partial charge in [-0.25, -0.2) is 0 Å². The van der Waals surface area contributed by atoms with E-state index in [1.807, 2.05) is 11.9 Å². The Labute approximate surface area is 115 Å². The molecule has 1 atom stereocenters. The largest absolute Gasteiger partial charge is 0.481 e. The predicted octanol–water partition coefficient (Wildman–Crippen LogP) is 1.48. The minimum absolute atomic E-state index is 0.0849. The molecule has 0 aliphatic heterocycles. The van der Waals surface area contributed by atoms with Crippen LogP contribution in [-0.2, 0) is 9.59 Å². The average molecular weight is 270 g/mol. The van der Waals surface area contributed by atoms with E-state index in [1.54, 1.807) is 6.92 Å². The fourth-order valence-corrected chi connectivity index (χ4v) is 2.48. The average Bonchev–Trinajstić information content (AvgIpc) is 2.37. The number of carbonyl (C=O) groups excluding carboxylic acids is 1. The summed E-state index contributed by atoms with van der Waals surface area (Å²) in [7, 11) is 1.85. The number of carboxylic acid groups (broad SMARTS) is 1. The molecule has 1 fully saturated rings. The summed E-state index contributed by atoms with van der Waals surface area (Å²) < 4.78 is 0. The summed E-state index contributed by atoms with van der Waals surface area (Å²) in [5, 5.41) is 11.9. The molecule has 1 unspecified atom stereocenters. The van der Waals surface area contributed by atoms with Crippen molar-refractivity contribution in [3.8, 4) is 0 Å². The van der Waals surface area contributed by atoms with Crippen LogP contribution in [0.5, 0.6) is 0 Å². The molecule has 0 aromatic heterocycles. The van der Waals surface area contributed by atoms with Crippen molar-refractivity contribution in [3.05, 3.63) is 0 Å². The van der Waals surface area contributed by atoms with Gasteiger partial charge >= 0.3 is 5.97 Å². The molecule has 1 aliphatic rings. The predicted molar refractivity (Wildman–Crippen MR) is 73.9 cm³/mol. The topological polar surface area (TPSA) is 69.6 Å². The van der Waals surface area contributed by atoms with E-state index in [-0.39, 0.29) is 5.91 Å². The van der Waals surface area contributed by atoms with Gasteiger partial charge in [0.15, 0.2) is 0 Å². The molecule has 0 spiro atoms. The Balaban J connectivity index is 2.16. The quantitative estimate of drug-likeness (QED) is 0.735. The maximum Gasteiger partial charge on any atom is 0.307 e. The molecule has 0 bridgehead atoms. The Bertz CT molecular complexity index is 301. The Hall–Kier alpha value is -1.10. The number of hydrogen-bond acceptors (Lipinski definition) is 3. The van der Waals surface area contributed by atoms with Gasteiger partial charge in [-0.3, -0.25) is 9.59 Å². The third kappa shape index (κ3) is 6.57. The minimum Gasteiger partial charge on any atom is -0.481 e. The third-order valence-electron chi connectivity index (χ3n) is 3.70. The highest BCUT2D eigenvalue weighted by Gasteiger charge is 2.17. The van der Waals surface area contributed by atoms with Crippen LogP contribution < -0.4 is 5.32 Å². The normalized spacial score (nSPS) is 18.3. The zero-order valence-electron chi connectivity index (χ0n) is 12.0. The van der Waals surface area contributed by atoms with E-state index >= 15 is 0 Å². The molecule has 1 saturated carbocycles. The molecule has 1 amide bonds. The molecular formula is C14H26N2O3. The maximum atomic E-state index is 11.8. The number of nitrogens with zero attached hydrogens (tertiary/aromatic N) is 1. The molecular weight excluding hydrogens is 244 g/mol. The number of rotatable bonds is 7. The first-order valence-corrected chi connectivity index (χ1v) is 7.19. The second-order valence-electron chi connectivity index (χ2n) is 5.65. The lowest BCUT2D eigenvalue weighted by Gasteiger charge is -2.24.